The second kappa shape index (κ2) is 5.65. The van der Waals surface area contributed by atoms with Crippen LogP contribution < -0.4 is 5.73 Å². The summed E-state index contributed by atoms with van der Waals surface area (Å²) in [6.45, 7) is 6.52. The molecule has 2 fully saturated rings. The molecule has 0 bridgehead atoms. The van der Waals surface area contributed by atoms with E-state index in [1.807, 2.05) is 0 Å². The maximum atomic E-state index is 6.06. The van der Waals surface area contributed by atoms with Gasteiger partial charge in [-0.3, -0.25) is 4.90 Å². The average Bonchev–Trinajstić information content (AvgIpc) is 3.05. The van der Waals surface area contributed by atoms with Crippen molar-refractivity contribution < 1.29 is 9.15 Å². The molecular weight excluding hydrogens is 240 g/mol. The lowest BCUT2D eigenvalue weighted by Crippen LogP contribution is -2.35. The lowest BCUT2D eigenvalue weighted by Gasteiger charge is -2.27. The zero-order chi connectivity index (χ0) is 13.2. The first-order chi connectivity index (χ1) is 9.29. The van der Waals surface area contributed by atoms with Gasteiger partial charge in [-0.25, -0.2) is 0 Å². The van der Waals surface area contributed by atoms with Gasteiger partial charge in [0.25, 0.3) is 0 Å². The lowest BCUT2D eigenvalue weighted by atomic mass is 10.2. The Bertz CT molecular complexity index is 410. The minimum absolute atomic E-state index is 0.199. The summed E-state index contributed by atoms with van der Waals surface area (Å²) in [5.41, 5.74) is 5.97. The highest BCUT2D eigenvalue weighted by Gasteiger charge is 2.37. The van der Waals surface area contributed by atoms with Gasteiger partial charge in [0.05, 0.1) is 12.6 Å². The highest BCUT2D eigenvalue weighted by atomic mass is 16.5. The van der Waals surface area contributed by atoms with E-state index in [0.29, 0.717) is 12.5 Å². The van der Waals surface area contributed by atoms with Gasteiger partial charge in [-0.05, 0) is 30.9 Å². The molecule has 1 aliphatic heterocycles. The molecule has 106 valence electrons. The Balaban J connectivity index is 1.71. The fourth-order valence-electron chi connectivity index (χ4n) is 2.99. The summed E-state index contributed by atoms with van der Waals surface area (Å²) in [5.74, 6) is 3.59. The molecule has 2 N–H and O–H groups in total. The van der Waals surface area contributed by atoms with Crippen LogP contribution in [0.25, 0.3) is 0 Å². The van der Waals surface area contributed by atoms with Crippen molar-refractivity contribution in [3.63, 3.8) is 0 Å². The summed E-state index contributed by atoms with van der Waals surface area (Å²) in [7, 11) is 0. The minimum atomic E-state index is 0.199. The third-order valence-corrected chi connectivity index (χ3v) is 4.37. The highest BCUT2D eigenvalue weighted by molar-refractivity contribution is 5.19. The van der Waals surface area contributed by atoms with Gasteiger partial charge in [0, 0.05) is 32.2 Å². The topological polar surface area (TPSA) is 51.6 Å². The van der Waals surface area contributed by atoms with Gasteiger partial charge in [-0.2, -0.15) is 0 Å². The van der Waals surface area contributed by atoms with Gasteiger partial charge >= 0.3 is 0 Å². The summed E-state index contributed by atoms with van der Waals surface area (Å²) >= 11 is 0. The van der Waals surface area contributed by atoms with E-state index in [2.05, 4.69) is 24.0 Å². The van der Waals surface area contributed by atoms with Crippen LogP contribution in [0.4, 0.5) is 0 Å². The number of furan rings is 1. The van der Waals surface area contributed by atoms with Gasteiger partial charge in [0.2, 0.25) is 0 Å². The zero-order valence-corrected chi connectivity index (χ0v) is 11.7. The Morgan fingerprint density at radius 2 is 2.21 bits per heavy atom. The number of nitrogens with zero attached hydrogens (tertiary/aromatic N) is 1. The number of nitrogens with two attached hydrogens (primary N) is 1. The lowest BCUT2D eigenvalue weighted by molar-refractivity contribution is 0.127. The van der Waals surface area contributed by atoms with Crippen LogP contribution in [0.2, 0.25) is 0 Å². The van der Waals surface area contributed by atoms with E-state index in [1.165, 1.54) is 6.42 Å². The molecule has 0 amide bonds. The summed E-state index contributed by atoms with van der Waals surface area (Å²) < 4.78 is 11.6. The predicted molar refractivity (Wildman–Crippen MR) is 74.0 cm³/mol. The van der Waals surface area contributed by atoms with Crippen LogP contribution in [-0.4, -0.2) is 37.7 Å². The van der Waals surface area contributed by atoms with E-state index in [1.54, 1.807) is 0 Å². The molecule has 4 heteroatoms. The third-order valence-electron chi connectivity index (χ3n) is 4.37. The van der Waals surface area contributed by atoms with E-state index < -0.39 is 0 Å². The van der Waals surface area contributed by atoms with E-state index in [4.69, 9.17) is 14.9 Å². The Morgan fingerprint density at radius 1 is 1.37 bits per heavy atom. The zero-order valence-electron chi connectivity index (χ0n) is 11.7. The molecule has 1 saturated carbocycles. The molecule has 0 aromatic carbocycles. The van der Waals surface area contributed by atoms with Crippen LogP contribution >= 0.6 is 0 Å². The molecule has 2 heterocycles. The van der Waals surface area contributed by atoms with Crippen molar-refractivity contribution in [2.45, 2.75) is 31.7 Å². The molecular formula is C15H24N2O2. The average molecular weight is 264 g/mol. The van der Waals surface area contributed by atoms with E-state index in [9.17, 15) is 0 Å². The van der Waals surface area contributed by atoms with Crippen molar-refractivity contribution in [3.05, 3.63) is 23.7 Å². The standard InChI is InChI=1S/C15H24N2O2/c1-11-9-12(11)14-3-4-15(19-14)13(10-16)17-5-2-7-18-8-6-17/h3-4,11-13H,2,5-10,16H2,1H3. The fraction of sp³-hybridized carbons (Fsp3) is 0.733. The summed E-state index contributed by atoms with van der Waals surface area (Å²) in [6, 6.07) is 4.45. The van der Waals surface area contributed by atoms with Gasteiger partial charge in [0.15, 0.2) is 0 Å². The van der Waals surface area contributed by atoms with Crippen molar-refractivity contribution in [3.8, 4) is 0 Å². The quantitative estimate of drug-likeness (QED) is 0.905. The molecule has 3 atom stereocenters. The first kappa shape index (κ1) is 13.2. The molecule has 3 unspecified atom stereocenters. The van der Waals surface area contributed by atoms with Crippen LogP contribution in [0, 0.1) is 5.92 Å². The van der Waals surface area contributed by atoms with Crippen LogP contribution in [0.1, 0.15) is 43.2 Å². The smallest absolute Gasteiger partial charge is 0.122 e. The minimum Gasteiger partial charge on any atom is -0.464 e. The van der Waals surface area contributed by atoms with Crippen LogP contribution in [-0.2, 0) is 4.74 Å². The summed E-state index contributed by atoms with van der Waals surface area (Å²) in [6.07, 6.45) is 2.33. The van der Waals surface area contributed by atoms with Gasteiger partial charge in [0.1, 0.15) is 11.5 Å². The molecule has 4 nitrogen and oxygen atoms in total. The van der Waals surface area contributed by atoms with Crippen molar-refractivity contribution in [2.75, 3.05) is 32.8 Å². The normalized spacial score (nSPS) is 30.0. The molecule has 1 aromatic heterocycles. The second-order valence-electron chi connectivity index (χ2n) is 5.81. The van der Waals surface area contributed by atoms with Gasteiger partial charge in [-0.15, -0.1) is 0 Å². The molecule has 1 saturated heterocycles. The van der Waals surface area contributed by atoms with Crippen molar-refractivity contribution in [2.24, 2.45) is 11.7 Å². The Kier molecular flexibility index (Phi) is 3.91. The maximum Gasteiger partial charge on any atom is 0.122 e. The second-order valence-corrected chi connectivity index (χ2v) is 5.81. The van der Waals surface area contributed by atoms with E-state index >= 15 is 0 Å². The van der Waals surface area contributed by atoms with Crippen molar-refractivity contribution >= 4 is 0 Å². The molecule has 19 heavy (non-hydrogen) atoms. The SMILES string of the molecule is CC1CC1c1ccc(C(CN)N2CCCOCC2)o1. The fourth-order valence-corrected chi connectivity index (χ4v) is 2.99. The number of hydrogen-bond donors (Lipinski definition) is 1. The molecule has 1 aromatic rings. The van der Waals surface area contributed by atoms with Gasteiger partial charge < -0.3 is 14.9 Å². The molecule has 2 aliphatic rings. The molecule has 0 radical (unpaired) electrons. The monoisotopic (exact) mass is 264 g/mol. The highest BCUT2D eigenvalue weighted by Crippen LogP contribution is 2.47. The molecule has 3 rings (SSSR count). The van der Waals surface area contributed by atoms with Crippen LogP contribution in [0.3, 0.4) is 0 Å². The largest absolute Gasteiger partial charge is 0.464 e. The first-order valence-electron chi connectivity index (χ1n) is 7.41. The Hall–Kier alpha value is -0.840. The van der Waals surface area contributed by atoms with E-state index in [0.717, 1.165) is 50.2 Å². The van der Waals surface area contributed by atoms with Crippen LogP contribution in [0.15, 0.2) is 16.5 Å². The summed E-state index contributed by atoms with van der Waals surface area (Å²) in [4.78, 5) is 2.39. The van der Waals surface area contributed by atoms with Gasteiger partial charge in [-0.1, -0.05) is 6.92 Å². The first-order valence-corrected chi connectivity index (χ1v) is 7.41. The molecule has 1 aliphatic carbocycles. The van der Waals surface area contributed by atoms with E-state index in [-0.39, 0.29) is 6.04 Å². The van der Waals surface area contributed by atoms with Crippen molar-refractivity contribution in [1.82, 2.24) is 4.90 Å². The Morgan fingerprint density at radius 3 is 2.95 bits per heavy atom. The number of hydrogen-bond acceptors (Lipinski definition) is 4. The predicted octanol–water partition coefficient (Wildman–Crippen LogP) is 2.13. The van der Waals surface area contributed by atoms with Crippen molar-refractivity contribution in [1.29, 1.82) is 0 Å². The third kappa shape index (κ3) is 2.86. The molecule has 0 spiro atoms. The number of ether oxygens (including phenoxy) is 1. The number of rotatable bonds is 4. The summed E-state index contributed by atoms with van der Waals surface area (Å²) in [5, 5.41) is 0. The Labute approximate surface area is 114 Å². The van der Waals surface area contributed by atoms with Crippen LogP contribution in [0.5, 0.6) is 0 Å². The maximum absolute atomic E-state index is 6.06.